The molecular formula is C18H31BrN2O4. The SMILES string of the molecule is CCC(CC)O[C@@H]1C=C(Br)C[C@H](NC(=O)OC(C)(C)C)C1NC(C)=O. The van der Waals surface area contributed by atoms with Crippen LogP contribution in [0.5, 0.6) is 0 Å². The molecule has 0 aromatic heterocycles. The molecule has 0 radical (unpaired) electrons. The van der Waals surface area contributed by atoms with Crippen molar-refractivity contribution >= 4 is 27.9 Å². The Bertz CT molecular complexity index is 498. The average molecular weight is 419 g/mol. The third-order valence-corrected chi connectivity index (χ3v) is 4.47. The van der Waals surface area contributed by atoms with Crippen molar-refractivity contribution < 1.29 is 19.1 Å². The highest BCUT2D eigenvalue weighted by molar-refractivity contribution is 9.11. The minimum absolute atomic E-state index is 0.0954. The maximum Gasteiger partial charge on any atom is 0.407 e. The summed E-state index contributed by atoms with van der Waals surface area (Å²) in [6.07, 6.45) is 3.57. The fraction of sp³-hybridized carbons (Fsp3) is 0.778. The van der Waals surface area contributed by atoms with Crippen LogP contribution in [0.4, 0.5) is 4.79 Å². The highest BCUT2D eigenvalue weighted by Gasteiger charge is 2.37. The van der Waals surface area contributed by atoms with Gasteiger partial charge in [-0.3, -0.25) is 4.79 Å². The number of carbonyl (C=O) groups excluding carboxylic acids is 2. The summed E-state index contributed by atoms with van der Waals surface area (Å²) in [7, 11) is 0. The first-order valence-electron chi connectivity index (χ1n) is 8.84. The van der Waals surface area contributed by atoms with E-state index in [0.29, 0.717) is 6.42 Å². The van der Waals surface area contributed by atoms with Gasteiger partial charge in [0, 0.05) is 13.3 Å². The third-order valence-electron chi connectivity index (χ3n) is 3.88. The number of hydrogen-bond donors (Lipinski definition) is 2. The summed E-state index contributed by atoms with van der Waals surface area (Å²) in [4.78, 5) is 23.9. The van der Waals surface area contributed by atoms with Crippen LogP contribution in [-0.2, 0) is 14.3 Å². The maximum atomic E-state index is 12.2. The molecule has 1 aliphatic carbocycles. The fourth-order valence-corrected chi connectivity index (χ4v) is 3.37. The molecule has 0 saturated carbocycles. The molecule has 3 atom stereocenters. The minimum Gasteiger partial charge on any atom is -0.444 e. The summed E-state index contributed by atoms with van der Waals surface area (Å²) in [5, 5.41) is 5.80. The van der Waals surface area contributed by atoms with Gasteiger partial charge in [-0.1, -0.05) is 29.8 Å². The molecule has 6 nitrogen and oxygen atoms in total. The van der Waals surface area contributed by atoms with E-state index in [0.717, 1.165) is 17.3 Å². The quantitative estimate of drug-likeness (QED) is 0.689. The van der Waals surface area contributed by atoms with Crippen molar-refractivity contribution in [3.8, 4) is 0 Å². The first kappa shape index (κ1) is 22.0. The maximum absolute atomic E-state index is 12.2. The van der Waals surface area contributed by atoms with Crippen molar-refractivity contribution in [2.45, 2.75) is 90.7 Å². The summed E-state index contributed by atoms with van der Waals surface area (Å²) >= 11 is 3.52. The number of rotatable bonds is 6. The fourth-order valence-electron chi connectivity index (χ4n) is 2.76. The van der Waals surface area contributed by atoms with Crippen LogP contribution in [0.1, 0.15) is 60.8 Å². The van der Waals surface area contributed by atoms with Crippen molar-refractivity contribution in [2.75, 3.05) is 0 Å². The number of hydrogen-bond acceptors (Lipinski definition) is 4. The lowest BCUT2D eigenvalue weighted by Crippen LogP contribution is -2.59. The van der Waals surface area contributed by atoms with Crippen molar-refractivity contribution in [2.24, 2.45) is 0 Å². The predicted octanol–water partition coefficient (Wildman–Crippen LogP) is 3.64. The van der Waals surface area contributed by atoms with Crippen molar-refractivity contribution in [3.05, 3.63) is 10.6 Å². The van der Waals surface area contributed by atoms with Gasteiger partial charge < -0.3 is 20.1 Å². The topological polar surface area (TPSA) is 76.7 Å². The molecule has 0 saturated heterocycles. The second kappa shape index (κ2) is 9.57. The molecule has 144 valence electrons. The molecule has 7 heteroatoms. The standard InChI is InChI=1S/C18H31BrN2O4/c1-7-13(8-2)24-15-10-12(19)9-14(16(15)20-11(3)22)21-17(23)25-18(4,5)6/h10,13-16H,7-9H2,1-6H3,(H,20,22)(H,21,23)/t14-,15+,16?/m0/s1. The Hall–Kier alpha value is -1.08. The van der Waals surface area contributed by atoms with E-state index in [1.165, 1.54) is 6.92 Å². The zero-order chi connectivity index (χ0) is 19.2. The molecule has 0 aliphatic heterocycles. The summed E-state index contributed by atoms with van der Waals surface area (Å²) in [5.74, 6) is -0.162. The number of halogens is 1. The molecule has 1 unspecified atom stereocenters. The van der Waals surface area contributed by atoms with Gasteiger partial charge in [0.15, 0.2) is 0 Å². The van der Waals surface area contributed by atoms with Crippen LogP contribution in [0.25, 0.3) is 0 Å². The Morgan fingerprint density at radius 3 is 2.36 bits per heavy atom. The van der Waals surface area contributed by atoms with E-state index in [-0.39, 0.29) is 30.2 Å². The molecule has 0 spiro atoms. The van der Waals surface area contributed by atoms with E-state index < -0.39 is 11.7 Å². The van der Waals surface area contributed by atoms with Crippen molar-refractivity contribution in [3.63, 3.8) is 0 Å². The first-order chi connectivity index (χ1) is 11.6. The van der Waals surface area contributed by atoms with Gasteiger partial charge >= 0.3 is 6.09 Å². The summed E-state index contributed by atoms with van der Waals surface area (Å²) in [5.41, 5.74) is -0.583. The smallest absolute Gasteiger partial charge is 0.407 e. The Morgan fingerprint density at radius 2 is 1.88 bits per heavy atom. The Kier molecular flexibility index (Phi) is 8.41. The molecule has 0 heterocycles. The zero-order valence-corrected chi connectivity index (χ0v) is 17.6. The molecule has 25 heavy (non-hydrogen) atoms. The lowest BCUT2D eigenvalue weighted by atomic mass is 9.92. The Labute approximate surface area is 159 Å². The van der Waals surface area contributed by atoms with Crippen LogP contribution in [-0.4, -0.2) is 41.9 Å². The molecule has 0 aromatic rings. The number of amides is 2. The number of ether oxygens (including phenoxy) is 2. The van der Waals surface area contributed by atoms with Gasteiger partial charge in [-0.25, -0.2) is 4.79 Å². The summed E-state index contributed by atoms with van der Waals surface area (Å²) in [6, 6.07) is -0.676. The lowest BCUT2D eigenvalue weighted by Gasteiger charge is -2.38. The van der Waals surface area contributed by atoms with Crippen LogP contribution >= 0.6 is 15.9 Å². The third kappa shape index (κ3) is 7.77. The zero-order valence-electron chi connectivity index (χ0n) is 16.0. The minimum atomic E-state index is -0.583. The molecular weight excluding hydrogens is 388 g/mol. The van der Waals surface area contributed by atoms with E-state index in [1.807, 2.05) is 26.8 Å². The molecule has 2 amide bonds. The van der Waals surface area contributed by atoms with Gasteiger partial charge in [-0.05, 0) is 44.2 Å². The van der Waals surface area contributed by atoms with Gasteiger partial charge in [0.05, 0.1) is 24.3 Å². The summed E-state index contributed by atoms with van der Waals surface area (Å²) in [6.45, 7) is 11.0. The normalized spacial score (nSPS) is 23.8. The van der Waals surface area contributed by atoms with E-state index in [4.69, 9.17) is 9.47 Å². The molecule has 0 bridgehead atoms. The van der Waals surface area contributed by atoms with Crippen LogP contribution in [0.2, 0.25) is 0 Å². The summed E-state index contributed by atoms with van der Waals surface area (Å²) < 4.78 is 12.5. The number of alkyl carbamates (subject to hydrolysis) is 1. The molecule has 1 aliphatic rings. The Morgan fingerprint density at radius 1 is 1.28 bits per heavy atom. The van der Waals surface area contributed by atoms with Gasteiger partial charge in [0.25, 0.3) is 0 Å². The van der Waals surface area contributed by atoms with E-state index in [1.54, 1.807) is 0 Å². The van der Waals surface area contributed by atoms with Gasteiger partial charge in [0.1, 0.15) is 5.60 Å². The van der Waals surface area contributed by atoms with E-state index >= 15 is 0 Å². The Balaban J connectivity index is 2.95. The van der Waals surface area contributed by atoms with E-state index in [2.05, 4.69) is 40.4 Å². The van der Waals surface area contributed by atoms with Crippen molar-refractivity contribution in [1.82, 2.24) is 10.6 Å². The second-order valence-electron chi connectivity index (χ2n) is 7.34. The van der Waals surface area contributed by atoms with Crippen LogP contribution in [0.3, 0.4) is 0 Å². The number of nitrogens with one attached hydrogen (secondary N) is 2. The second-order valence-corrected chi connectivity index (χ2v) is 8.35. The molecule has 0 aromatic carbocycles. The van der Waals surface area contributed by atoms with Crippen LogP contribution in [0.15, 0.2) is 10.6 Å². The highest BCUT2D eigenvalue weighted by Crippen LogP contribution is 2.27. The van der Waals surface area contributed by atoms with Crippen molar-refractivity contribution in [1.29, 1.82) is 0 Å². The monoisotopic (exact) mass is 418 g/mol. The van der Waals surface area contributed by atoms with E-state index in [9.17, 15) is 9.59 Å². The van der Waals surface area contributed by atoms with Gasteiger partial charge in [0.2, 0.25) is 5.91 Å². The van der Waals surface area contributed by atoms with Crippen LogP contribution < -0.4 is 10.6 Å². The molecule has 1 rings (SSSR count). The molecule has 0 fully saturated rings. The molecule has 2 N–H and O–H groups in total. The average Bonchev–Trinajstić information content (AvgIpc) is 2.45. The highest BCUT2D eigenvalue weighted by atomic mass is 79.9. The lowest BCUT2D eigenvalue weighted by molar-refractivity contribution is -0.121. The van der Waals surface area contributed by atoms with Crippen LogP contribution in [0, 0.1) is 0 Å². The largest absolute Gasteiger partial charge is 0.444 e. The van der Waals surface area contributed by atoms with Gasteiger partial charge in [-0.2, -0.15) is 0 Å². The van der Waals surface area contributed by atoms with Gasteiger partial charge in [-0.15, -0.1) is 0 Å². The predicted molar refractivity (Wildman–Crippen MR) is 102 cm³/mol. The number of carbonyl (C=O) groups is 2. The first-order valence-corrected chi connectivity index (χ1v) is 9.63.